The van der Waals surface area contributed by atoms with E-state index in [4.69, 9.17) is 23.2 Å². The number of halogens is 2. The minimum absolute atomic E-state index is 0.184. The summed E-state index contributed by atoms with van der Waals surface area (Å²) >= 11 is 15.1. The van der Waals surface area contributed by atoms with E-state index >= 15 is 0 Å². The highest BCUT2D eigenvalue weighted by Gasteiger charge is 2.20. The van der Waals surface area contributed by atoms with E-state index in [1.807, 2.05) is 17.0 Å². The Bertz CT molecular complexity index is 1080. The van der Waals surface area contributed by atoms with Crippen molar-refractivity contribution in [3.8, 4) is 0 Å². The van der Waals surface area contributed by atoms with Crippen LogP contribution in [0.25, 0.3) is 0 Å². The summed E-state index contributed by atoms with van der Waals surface area (Å²) in [5.74, 6) is 0.483. The van der Waals surface area contributed by atoms with Crippen LogP contribution in [0.4, 0.5) is 5.13 Å². The van der Waals surface area contributed by atoms with Gasteiger partial charge >= 0.3 is 0 Å². The zero-order chi connectivity index (χ0) is 21.8. The quantitative estimate of drug-likeness (QED) is 0.347. The molecule has 3 aromatic rings. The second-order valence-electron chi connectivity index (χ2n) is 6.93. The van der Waals surface area contributed by atoms with Crippen LogP contribution in [-0.2, 0) is 17.1 Å². The number of hydrogen-bond acceptors (Lipinski definition) is 6. The molecular weight excluding hydrogens is 475 g/mol. The molecule has 1 aliphatic heterocycles. The lowest BCUT2D eigenvalue weighted by molar-refractivity contribution is -0.128. The average Bonchev–Trinajstić information content (AvgIpc) is 3.37. The molecule has 160 valence electrons. The highest BCUT2D eigenvalue weighted by molar-refractivity contribution is 8.00. The Morgan fingerprint density at radius 3 is 2.55 bits per heavy atom. The van der Waals surface area contributed by atoms with Crippen LogP contribution >= 0.6 is 46.3 Å². The fourth-order valence-electron chi connectivity index (χ4n) is 3.15. The first-order chi connectivity index (χ1) is 15.0. The first-order valence-corrected chi connectivity index (χ1v) is 12.1. The normalized spacial score (nSPS) is 13.6. The molecule has 2 amide bonds. The molecule has 1 N–H and O–H groups in total. The van der Waals surface area contributed by atoms with E-state index in [0.29, 0.717) is 43.8 Å². The van der Waals surface area contributed by atoms with Gasteiger partial charge in [-0.1, -0.05) is 64.5 Å². The van der Waals surface area contributed by atoms with Crippen LogP contribution in [0.2, 0.25) is 10.0 Å². The zero-order valence-corrected chi connectivity index (χ0v) is 19.5. The Balaban J connectivity index is 1.33. The SMILES string of the molecule is O=C(Nc1nnc(SCc2c(Cl)cccc2Cl)s1)c1ccc(CN2CCCC2=O)cc1. The summed E-state index contributed by atoms with van der Waals surface area (Å²) in [6.07, 6.45) is 1.53. The number of nitrogens with zero attached hydrogens (tertiary/aromatic N) is 3. The second kappa shape index (κ2) is 9.99. The summed E-state index contributed by atoms with van der Waals surface area (Å²) in [6.45, 7) is 1.37. The number of aromatic nitrogens is 2. The molecule has 10 heteroatoms. The van der Waals surface area contributed by atoms with Gasteiger partial charge in [0.05, 0.1) is 0 Å². The number of thioether (sulfide) groups is 1. The number of rotatable bonds is 7. The van der Waals surface area contributed by atoms with Crippen molar-refractivity contribution in [2.24, 2.45) is 0 Å². The van der Waals surface area contributed by atoms with Gasteiger partial charge in [-0.25, -0.2) is 0 Å². The smallest absolute Gasteiger partial charge is 0.257 e. The van der Waals surface area contributed by atoms with Crippen molar-refractivity contribution in [1.29, 1.82) is 0 Å². The van der Waals surface area contributed by atoms with Crippen molar-refractivity contribution in [2.75, 3.05) is 11.9 Å². The zero-order valence-electron chi connectivity index (χ0n) is 16.3. The van der Waals surface area contributed by atoms with E-state index in [-0.39, 0.29) is 11.8 Å². The summed E-state index contributed by atoms with van der Waals surface area (Å²) < 4.78 is 0.705. The van der Waals surface area contributed by atoms with Crippen molar-refractivity contribution in [3.63, 3.8) is 0 Å². The number of hydrogen-bond donors (Lipinski definition) is 1. The van der Waals surface area contributed by atoms with Gasteiger partial charge in [-0.2, -0.15) is 0 Å². The van der Waals surface area contributed by atoms with Crippen molar-refractivity contribution in [3.05, 3.63) is 69.2 Å². The molecular formula is C21H18Cl2N4O2S2. The molecule has 2 aromatic carbocycles. The first-order valence-electron chi connectivity index (χ1n) is 9.57. The van der Waals surface area contributed by atoms with Crippen LogP contribution in [0.3, 0.4) is 0 Å². The van der Waals surface area contributed by atoms with Gasteiger partial charge in [0.1, 0.15) is 0 Å². The standard InChI is InChI=1S/C21H18Cl2N4O2S2/c22-16-3-1-4-17(23)15(16)12-30-21-26-25-20(31-21)24-19(29)14-8-6-13(7-9-14)11-27-10-2-5-18(27)28/h1,3-4,6-9H,2,5,10-12H2,(H,24,25,29). The molecule has 1 saturated heterocycles. The van der Waals surface area contributed by atoms with Gasteiger partial charge in [-0.05, 0) is 41.8 Å². The van der Waals surface area contributed by atoms with E-state index in [0.717, 1.165) is 24.1 Å². The second-order valence-corrected chi connectivity index (χ2v) is 9.95. The van der Waals surface area contributed by atoms with Gasteiger partial charge in [0.25, 0.3) is 5.91 Å². The summed E-state index contributed by atoms with van der Waals surface area (Å²) in [6, 6.07) is 12.6. The van der Waals surface area contributed by atoms with Gasteiger partial charge in [0.2, 0.25) is 11.0 Å². The maximum absolute atomic E-state index is 12.5. The summed E-state index contributed by atoms with van der Waals surface area (Å²) in [5, 5.41) is 12.6. The van der Waals surface area contributed by atoms with E-state index < -0.39 is 0 Å². The molecule has 4 rings (SSSR count). The summed E-state index contributed by atoms with van der Waals surface area (Å²) in [7, 11) is 0. The maximum Gasteiger partial charge on any atom is 0.257 e. The topological polar surface area (TPSA) is 75.2 Å². The van der Waals surface area contributed by atoms with Gasteiger partial charge in [-0.15, -0.1) is 10.2 Å². The van der Waals surface area contributed by atoms with Gasteiger partial charge in [0, 0.05) is 40.9 Å². The molecule has 31 heavy (non-hydrogen) atoms. The highest BCUT2D eigenvalue weighted by atomic mass is 35.5. The molecule has 1 aromatic heterocycles. The van der Waals surface area contributed by atoms with Crippen LogP contribution in [0.15, 0.2) is 46.8 Å². The Morgan fingerprint density at radius 2 is 1.87 bits per heavy atom. The third kappa shape index (κ3) is 5.57. The van der Waals surface area contributed by atoms with E-state index in [1.165, 1.54) is 23.1 Å². The molecule has 0 spiro atoms. The van der Waals surface area contributed by atoms with E-state index in [1.54, 1.807) is 30.3 Å². The predicted molar refractivity (Wildman–Crippen MR) is 125 cm³/mol. The number of carbonyl (C=O) groups excluding carboxylic acids is 2. The third-order valence-corrected chi connectivity index (χ3v) is 7.50. The van der Waals surface area contributed by atoms with Gasteiger partial charge in [-0.3, -0.25) is 14.9 Å². The monoisotopic (exact) mass is 492 g/mol. The van der Waals surface area contributed by atoms with Crippen LogP contribution in [-0.4, -0.2) is 33.5 Å². The van der Waals surface area contributed by atoms with Gasteiger partial charge in [0.15, 0.2) is 4.34 Å². The molecule has 0 saturated carbocycles. The van der Waals surface area contributed by atoms with Crippen LogP contribution in [0, 0.1) is 0 Å². The van der Waals surface area contributed by atoms with Crippen molar-refractivity contribution >= 4 is 63.2 Å². The number of benzene rings is 2. The minimum Gasteiger partial charge on any atom is -0.338 e. The van der Waals surface area contributed by atoms with E-state index in [2.05, 4.69) is 15.5 Å². The number of anilines is 1. The first kappa shape index (κ1) is 22.1. The molecule has 0 atom stereocenters. The Hall–Kier alpha value is -2.13. The Kier molecular flexibility index (Phi) is 7.12. The highest BCUT2D eigenvalue weighted by Crippen LogP contribution is 2.33. The molecule has 1 fully saturated rings. The average molecular weight is 493 g/mol. The number of carbonyl (C=O) groups is 2. The minimum atomic E-state index is -0.259. The summed E-state index contributed by atoms with van der Waals surface area (Å²) in [5.41, 5.74) is 2.36. The van der Waals surface area contributed by atoms with Crippen molar-refractivity contribution < 1.29 is 9.59 Å². The number of amides is 2. The molecule has 1 aliphatic rings. The van der Waals surface area contributed by atoms with Gasteiger partial charge < -0.3 is 4.90 Å². The lowest BCUT2D eigenvalue weighted by atomic mass is 10.1. The lowest BCUT2D eigenvalue weighted by Gasteiger charge is -2.15. The fraction of sp³-hybridized carbons (Fsp3) is 0.238. The molecule has 0 unspecified atom stereocenters. The van der Waals surface area contributed by atoms with E-state index in [9.17, 15) is 9.59 Å². The molecule has 0 aliphatic carbocycles. The van der Waals surface area contributed by atoms with Crippen LogP contribution in [0.1, 0.15) is 34.3 Å². The Morgan fingerprint density at radius 1 is 1.13 bits per heavy atom. The van der Waals surface area contributed by atoms with Crippen LogP contribution in [0.5, 0.6) is 0 Å². The van der Waals surface area contributed by atoms with Crippen molar-refractivity contribution in [2.45, 2.75) is 29.5 Å². The molecule has 6 nitrogen and oxygen atoms in total. The van der Waals surface area contributed by atoms with Crippen LogP contribution < -0.4 is 5.32 Å². The number of nitrogens with one attached hydrogen (secondary N) is 1. The third-order valence-electron chi connectivity index (χ3n) is 4.79. The maximum atomic E-state index is 12.5. The largest absolute Gasteiger partial charge is 0.338 e. The lowest BCUT2D eigenvalue weighted by Crippen LogP contribution is -2.23. The Labute approximate surface area is 198 Å². The molecule has 2 heterocycles. The van der Waals surface area contributed by atoms with Crippen molar-refractivity contribution in [1.82, 2.24) is 15.1 Å². The predicted octanol–water partition coefficient (Wildman–Crippen LogP) is 5.51. The summed E-state index contributed by atoms with van der Waals surface area (Å²) in [4.78, 5) is 26.1. The fourth-order valence-corrected chi connectivity index (χ4v) is 5.63. The molecule has 0 radical (unpaired) electrons. The number of likely N-dealkylation sites (tertiary alicyclic amines) is 1. The molecule has 0 bridgehead atoms.